The van der Waals surface area contributed by atoms with Crippen molar-refractivity contribution in [2.45, 2.75) is 12.8 Å². The van der Waals surface area contributed by atoms with Crippen molar-refractivity contribution in [1.82, 2.24) is 0 Å². The highest BCUT2D eigenvalue weighted by atomic mass is 16.5. The fourth-order valence-electron chi connectivity index (χ4n) is 1.95. The number of hydrogen-bond donors (Lipinski definition) is 1. The van der Waals surface area contributed by atoms with Gasteiger partial charge in [0.05, 0.1) is 7.11 Å². The molecule has 2 rings (SSSR count). The van der Waals surface area contributed by atoms with Crippen LogP contribution in [0.4, 0.5) is 5.69 Å². The zero-order valence-electron chi connectivity index (χ0n) is 9.47. The summed E-state index contributed by atoms with van der Waals surface area (Å²) in [5, 5.41) is 9.05. The van der Waals surface area contributed by atoms with Crippen LogP contribution in [0.1, 0.15) is 23.2 Å². The Morgan fingerprint density at radius 2 is 2.24 bits per heavy atom. The summed E-state index contributed by atoms with van der Waals surface area (Å²) in [7, 11) is 1.42. The van der Waals surface area contributed by atoms with Crippen molar-refractivity contribution in [2.24, 2.45) is 0 Å². The van der Waals surface area contributed by atoms with Crippen LogP contribution in [0.25, 0.3) is 0 Å². The van der Waals surface area contributed by atoms with Crippen LogP contribution in [0.3, 0.4) is 0 Å². The lowest BCUT2D eigenvalue weighted by Gasteiger charge is -2.17. The first-order valence-electron chi connectivity index (χ1n) is 5.35. The van der Waals surface area contributed by atoms with E-state index in [2.05, 4.69) is 0 Å². The Labute approximate surface area is 98.6 Å². The molecule has 0 bridgehead atoms. The highest BCUT2D eigenvalue weighted by Crippen LogP contribution is 2.27. The fraction of sp³-hybridized carbons (Fsp3) is 0.333. The van der Waals surface area contributed by atoms with Crippen LogP contribution in [-0.2, 0) is 4.79 Å². The van der Waals surface area contributed by atoms with Crippen molar-refractivity contribution >= 4 is 17.6 Å². The molecule has 0 saturated carbocycles. The maximum atomic E-state index is 11.6. The molecule has 1 aromatic carbocycles. The smallest absolute Gasteiger partial charge is 0.339 e. The van der Waals surface area contributed by atoms with Crippen LogP contribution in [0.5, 0.6) is 5.75 Å². The first kappa shape index (κ1) is 11.4. The van der Waals surface area contributed by atoms with E-state index in [4.69, 9.17) is 9.84 Å². The number of anilines is 1. The van der Waals surface area contributed by atoms with Gasteiger partial charge in [0.2, 0.25) is 5.91 Å². The van der Waals surface area contributed by atoms with Crippen molar-refractivity contribution in [1.29, 1.82) is 0 Å². The maximum absolute atomic E-state index is 11.6. The lowest BCUT2D eigenvalue weighted by Crippen LogP contribution is -2.23. The Kier molecular flexibility index (Phi) is 2.99. The molecule has 5 heteroatoms. The van der Waals surface area contributed by atoms with E-state index in [0.717, 1.165) is 6.42 Å². The third kappa shape index (κ3) is 2.08. The second kappa shape index (κ2) is 4.45. The number of amides is 1. The number of hydrogen-bond acceptors (Lipinski definition) is 3. The standard InChI is InChI=1S/C12H13NO4/c1-17-10-5-4-8(7-9(10)12(15)16)13-6-2-3-11(13)14/h4-5,7H,2-3,6H2,1H3,(H,15,16). The molecule has 5 nitrogen and oxygen atoms in total. The molecule has 0 radical (unpaired) electrons. The largest absolute Gasteiger partial charge is 0.496 e. The predicted molar refractivity (Wildman–Crippen MR) is 61.5 cm³/mol. The summed E-state index contributed by atoms with van der Waals surface area (Å²) in [5.41, 5.74) is 0.690. The summed E-state index contributed by atoms with van der Waals surface area (Å²) in [5.74, 6) is -0.727. The quantitative estimate of drug-likeness (QED) is 0.862. The maximum Gasteiger partial charge on any atom is 0.339 e. The van der Waals surface area contributed by atoms with Gasteiger partial charge in [-0.15, -0.1) is 0 Å². The van der Waals surface area contributed by atoms with Gasteiger partial charge in [0.1, 0.15) is 11.3 Å². The molecule has 1 aliphatic rings. The summed E-state index contributed by atoms with van der Waals surface area (Å²) in [6.07, 6.45) is 1.34. The molecule has 0 aromatic heterocycles. The highest BCUT2D eigenvalue weighted by Gasteiger charge is 2.23. The van der Waals surface area contributed by atoms with Crippen LogP contribution in [0.15, 0.2) is 18.2 Å². The fourth-order valence-corrected chi connectivity index (χ4v) is 1.95. The molecular weight excluding hydrogens is 222 g/mol. The molecule has 1 aliphatic heterocycles. The van der Waals surface area contributed by atoms with Crippen molar-refractivity contribution < 1.29 is 19.4 Å². The molecule has 17 heavy (non-hydrogen) atoms. The van der Waals surface area contributed by atoms with Gasteiger partial charge in [-0.05, 0) is 24.6 Å². The highest BCUT2D eigenvalue weighted by molar-refractivity contribution is 5.98. The van der Waals surface area contributed by atoms with Gasteiger partial charge >= 0.3 is 5.97 Å². The van der Waals surface area contributed by atoms with Crippen LogP contribution in [0, 0.1) is 0 Å². The topological polar surface area (TPSA) is 66.8 Å². The average Bonchev–Trinajstić information content (AvgIpc) is 2.74. The van der Waals surface area contributed by atoms with Gasteiger partial charge in [0, 0.05) is 18.7 Å². The van der Waals surface area contributed by atoms with Gasteiger partial charge in [-0.3, -0.25) is 4.79 Å². The van der Waals surface area contributed by atoms with Crippen LogP contribution in [-0.4, -0.2) is 30.6 Å². The Bertz CT molecular complexity index is 470. The first-order chi connectivity index (χ1) is 8.13. The third-order valence-corrected chi connectivity index (χ3v) is 2.80. The number of carbonyl (C=O) groups excluding carboxylic acids is 1. The second-order valence-electron chi connectivity index (χ2n) is 3.84. The van der Waals surface area contributed by atoms with E-state index in [1.807, 2.05) is 0 Å². The van der Waals surface area contributed by atoms with Gasteiger partial charge in [-0.2, -0.15) is 0 Å². The van der Waals surface area contributed by atoms with Crippen molar-refractivity contribution in [3.05, 3.63) is 23.8 Å². The minimum Gasteiger partial charge on any atom is -0.496 e. The van der Waals surface area contributed by atoms with Crippen LogP contribution < -0.4 is 9.64 Å². The molecule has 1 fully saturated rings. The number of ether oxygens (including phenoxy) is 1. The molecule has 1 aromatic rings. The minimum atomic E-state index is -1.06. The SMILES string of the molecule is COc1ccc(N2CCCC2=O)cc1C(=O)O. The van der Waals surface area contributed by atoms with Crippen molar-refractivity contribution in [3.8, 4) is 5.75 Å². The summed E-state index contributed by atoms with van der Waals surface area (Å²) < 4.78 is 4.97. The van der Waals surface area contributed by atoms with E-state index < -0.39 is 5.97 Å². The number of carboxylic acid groups (broad SMARTS) is 1. The summed E-state index contributed by atoms with van der Waals surface area (Å²) >= 11 is 0. The third-order valence-electron chi connectivity index (χ3n) is 2.80. The number of carbonyl (C=O) groups is 2. The molecule has 0 atom stereocenters. The normalized spacial score (nSPS) is 15.1. The van der Waals surface area contributed by atoms with Gasteiger partial charge in [0.15, 0.2) is 0 Å². The number of aromatic carboxylic acids is 1. The van der Waals surface area contributed by atoms with Gasteiger partial charge in [-0.1, -0.05) is 0 Å². The van der Waals surface area contributed by atoms with Crippen LogP contribution >= 0.6 is 0 Å². The predicted octanol–water partition coefficient (Wildman–Crippen LogP) is 1.52. The number of benzene rings is 1. The summed E-state index contributed by atoms with van der Waals surface area (Å²) in [6, 6.07) is 4.75. The lowest BCUT2D eigenvalue weighted by atomic mass is 10.1. The second-order valence-corrected chi connectivity index (χ2v) is 3.84. The van der Waals surface area contributed by atoms with Crippen LogP contribution in [0.2, 0.25) is 0 Å². The van der Waals surface area contributed by atoms with E-state index in [0.29, 0.717) is 24.4 Å². The zero-order valence-corrected chi connectivity index (χ0v) is 9.47. The molecule has 1 amide bonds. The number of rotatable bonds is 3. The van der Waals surface area contributed by atoms with Gasteiger partial charge in [0.25, 0.3) is 0 Å². The lowest BCUT2D eigenvalue weighted by molar-refractivity contribution is -0.117. The monoisotopic (exact) mass is 235 g/mol. The molecule has 0 unspecified atom stereocenters. The Morgan fingerprint density at radius 3 is 2.76 bits per heavy atom. The summed E-state index contributed by atoms with van der Waals surface area (Å²) in [6.45, 7) is 0.643. The van der Waals surface area contributed by atoms with E-state index in [1.54, 1.807) is 17.0 Å². The van der Waals surface area contributed by atoms with Crippen molar-refractivity contribution in [2.75, 3.05) is 18.6 Å². The molecule has 0 aliphatic carbocycles. The molecule has 1 heterocycles. The molecule has 0 spiro atoms. The summed E-state index contributed by atoms with van der Waals surface area (Å²) in [4.78, 5) is 24.2. The molecule has 90 valence electrons. The Hall–Kier alpha value is -2.04. The van der Waals surface area contributed by atoms with Gasteiger partial charge < -0.3 is 14.7 Å². The van der Waals surface area contributed by atoms with Crippen molar-refractivity contribution in [3.63, 3.8) is 0 Å². The van der Waals surface area contributed by atoms with Gasteiger partial charge in [-0.25, -0.2) is 4.79 Å². The van der Waals surface area contributed by atoms with E-state index in [-0.39, 0.29) is 11.5 Å². The first-order valence-corrected chi connectivity index (χ1v) is 5.35. The van der Waals surface area contributed by atoms with E-state index in [1.165, 1.54) is 13.2 Å². The Balaban J connectivity index is 2.40. The van der Waals surface area contributed by atoms with E-state index in [9.17, 15) is 9.59 Å². The number of nitrogens with zero attached hydrogens (tertiary/aromatic N) is 1. The molecular formula is C12H13NO4. The minimum absolute atomic E-state index is 0.0338. The Morgan fingerprint density at radius 1 is 1.47 bits per heavy atom. The molecule has 1 N–H and O–H groups in total. The number of carboxylic acids is 1. The zero-order chi connectivity index (χ0) is 12.4. The number of methoxy groups -OCH3 is 1. The van der Waals surface area contributed by atoms with E-state index >= 15 is 0 Å². The average molecular weight is 235 g/mol. The molecule has 1 saturated heterocycles.